The molecule has 0 N–H and O–H groups in total. The summed E-state index contributed by atoms with van der Waals surface area (Å²) in [5, 5.41) is 0. The average molecular weight is 432 g/mol. The van der Waals surface area contributed by atoms with Crippen LogP contribution in [0.25, 0.3) is 0 Å². The van der Waals surface area contributed by atoms with E-state index in [1.165, 1.54) is 0 Å². The SMILES string of the molecule is CCOC(=O)C(C)Cc1ccc(N2C[C@@H]3CN(C(=O)OC(C)(C)C)CCN3C2=O)cc1. The molecule has 2 saturated heterocycles. The van der Waals surface area contributed by atoms with E-state index in [4.69, 9.17) is 9.47 Å². The van der Waals surface area contributed by atoms with E-state index in [-0.39, 0.29) is 30.1 Å². The van der Waals surface area contributed by atoms with Gasteiger partial charge >= 0.3 is 18.1 Å². The number of urea groups is 1. The lowest BCUT2D eigenvalue weighted by Crippen LogP contribution is -2.54. The van der Waals surface area contributed by atoms with Gasteiger partial charge < -0.3 is 19.3 Å². The molecule has 8 nitrogen and oxygen atoms in total. The van der Waals surface area contributed by atoms with Crippen molar-refractivity contribution in [2.75, 3.05) is 37.7 Å². The number of fused-ring (bicyclic) bond motifs is 1. The number of anilines is 1. The van der Waals surface area contributed by atoms with E-state index in [2.05, 4.69) is 0 Å². The topological polar surface area (TPSA) is 79.4 Å². The second-order valence-corrected chi connectivity index (χ2v) is 9.19. The molecule has 0 bridgehead atoms. The predicted octanol–water partition coefficient (Wildman–Crippen LogP) is 3.29. The summed E-state index contributed by atoms with van der Waals surface area (Å²) in [5.41, 5.74) is 1.29. The third-order valence-corrected chi connectivity index (χ3v) is 5.48. The highest BCUT2D eigenvalue weighted by Crippen LogP contribution is 2.27. The second-order valence-electron chi connectivity index (χ2n) is 9.19. The Balaban J connectivity index is 1.61. The fourth-order valence-electron chi connectivity index (χ4n) is 3.95. The van der Waals surface area contributed by atoms with Crippen LogP contribution in [0.2, 0.25) is 0 Å². The number of hydrogen-bond acceptors (Lipinski definition) is 5. The molecule has 2 aliphatic heterocycles. The number of ether oxygens (including phenoxy) is 2. The van der Waals surface area contributed by atoms with E-state index < -0.39 is 5.60 Å². The van der Waals surface area contributed by atoms with Gasteiger partial charge in [-0.15, -0.1) is 0 Å². The summed E-state index contributed by atoms with van der Waals surface area (Å²) in [6, 6.07) is 7.62. The summed E-state index contributed by atoms with van der Waals surface area (Å²) >= 11 is 0. The number of nitrogens with zero attached hydrogens (tertiary/aromatic N) is 3. The molecule has 0 spiro atoms. The zero-order chi connectivity index (χ0) is 22.8. The van der Waals surface area contributed by atoms with Crippen molar-refractivity contribution in [1.82, 2.24) is 9.80 Å². The van der Waals surface area contributed by atoms with E-state index in [1.54, 1.807) is 16.7 Å². The third kappa shape index (κ3) is 5.48. The third-order valence-electron chi connectivity index (χ3n) is 5.48. The lowest BCUT2D eigenvalue weighted by molar-refractivity contribution is -0.147. The van der Waals surface area contributed by atoms with Crippen LogP contribution in [0.5, 0.6) is 0 Å². The van der Waals surface area contributed by atoms with Crippen molar-refractivity contribution in [2.24, 2.45) is 5.92 Å². The Kier molecular flexibility index (Phi) is 6.77. The molecule has 2 heterocycles. The van der Waals surface area contributed by atoms with Gasteiger partial charge in [0.15, 0.2) is 0 Å². The predicted molar refractivity (Wildman–Crippen MR) is 117 cm³/mol. The maximum Gasteiger partial charge on any atom is 0.410 e. The minimum Gasteiger partial charge on any atom is -0.466 e. The molecule has 0 radical (unpaired) electrons. The van der Waals surface area contributed by atoms with Crippen molar-refractivity contribution in [3.8, 4) is 0 Å². The van der Waals surface area contributed by atoms with Crippen LogP contribution >= 0.6 is 0 Å². The standard InChI is InChI=1S/C23H33N3O5/c1-6-30-20(27)16(2)13-17-7-9-18(10-8-17)26-15-19-14-24(11-12-25(19)21(26)28)22(29)31-23(3,4)5/h7-10,16,19H,6,11-15H2,1-5H3/t16?,19-/m0/s1. The Bertz CT molecular complexity index is 817. The molecule has 2 fully saturated rings. The fraction of sp³-hybridized carbons (Fsp3) is 0.609. The second kappa shape index (κ2) is 9.16. The summed E-state index contributed by atoms with van der Waals surface area (Å²) in [6.07, 6.45) is 0.255. The fourth-order valence-corrected chi connectivity index (χ4v) is 3.95. The number of piperazine rings is 1. The lowest BCUT2D eigenvalue weighted by atomic mass is 10.0. The molecular formula is C23H33N3O5. The number of carbonyl (C=O) groups is 3. The Morgan fingerprint density at radius 3 is 2.42 bits per heavy atom. The van der Waals surface area contributed by atoms with Crippen LogP contribution in [-0.4, -0.2) is 72.3 Å². The highest BCUT2D eigenvalue weighted by molar-refractivity contribution is 5.95. The monoisotopic (exact) mass is 431 g/mol. The van der Waals surface area contributed by atoms with Crippen LogP contribution in [0.15, 0.2) is 24.3 Å². The molecule has 170 valence electrons. The molecule has 0 aromatic heterocycles. The van der Waals surface area contributed by atoms with Gasteiger partial charge in [0.25, 0.3) is 0 Å². The Morgan fingerprint density at radius 1 is 1.13 bits per heavy atom. The molecule has 3 amide bonds. The van der Waals surface area contributed by atoms with Gasteiger partial charge in [-0.05, 0) is 51.8 Å². The molecule has 0 saturated carbocycles. The summed E-state index contributed by atoms with van der Waals surface area (Å²) in [5.74, 6) is -0.417. The van der Waals surface area contributed by atoms with E-state index in [0.717, 1.165) is 11.3 Å². The van der Waals surface area contributed by atoms with Gasteiger partial charge in [-0.25, -0.2) is 9.59 Å². The van der Waals surface area contributed by atoms with Crippen molar-refractivity contribution in [2.45, 2.75) is 52.7 Å². The van der Waals surface area contributed by atoms with E-state index >= 15 is 0 Å². The van der Waals surface area contributed by atoms with Gasteiger partial charge in [0.05, 0.1) is 18.6 Å². The first-order chi connectivity index (χ1) is 14.6. The minimum absolute atomic E-state index is 0.0403. The first-order valence-corrected chi connectivity index (χ1v) is 10.9. The molecule has 1 aromatic carbocycles. The number of carbonyl (C=O) groups excluding carboxylic acids is 3. The normalized spacial score (nSPS) is 19.8. The number of hydrogen-bond donors (Lipinski definition) is 0. The van der Waals surface area contributed by atoms with Crippen molar-refractivity contribution in [3.63, 3.8) is 0 Å². The van der Waals surface area contributed by atoms with E-state index in [9.17, 15) is 14.4 Å². The molecule has 1 unspecified atom stereocenters. The minimum atomic E-state index is -0.543. The van der Waals surface area contributed by atoms with Crippen LogP contribution < -0.4 is 4.90 Å². The Hall–Kier alpha value is -2.77. The van der Waals surface area contributed by atoms with Gasteiger partial charge in [0.2, 0.25) is 0 Å². The highest BCUT2D eigenvalue weighted by Gasteiger charge is 2.42. The quantitative estimate of drug-likeness (QED) is 0.669. The molecule has 0 aliphatic carbocycles. The van der Waals surface area contributed by atoms with Crippen LogP contribution in [0.4, 0.5) is 15.3 Å². The molecule has 1 aromatic rings. The molecule has 31 heavy (non-hydrogen) atoms. The maximum absolute atomic E-state index is 12.9. The number of rotatable bonds is 5. The zero-order valence-corrected chi connectivity index (χ0v) is 19.1. The van der Waals surface area contributed by atoms with Crippen LogP contribution in [0.3, 0.4) is 0 Å². The smallest absolute Gasteiger partial charge is 0.410 e. The summed E-state index contributed by atoms with van der Waals surface area (Å²) in [4.78, 5) is 42.4. The molecule has 2 atom stereocenters. The van der Waals surface area contributed by atoms with Gasteiger partial charge in [0.1, 0.15) is 5.60 Å². The van der Waals surface area contributed by atoms with Gasteiger partial charge in [-0.3, -0.25) is 9.69 Å². The molecule has 3 rings (SSSR count). The summed E-state index contributed by atoms with van der Waals surface area (Å²) < 4.78 is 10.5. The van der Waals surface area contributed by atoms with Gasteiger partial charge in [-0.2, -0.15) is 0 Å². The number of esters is 1. The van der Waals surface area contributed by atoms with Crippen molar-refractivity contribution in [3.05, 3.63) is 29.8 Å². The van der Waals surface area contributed by atoms with Gasteiger partial charge in [-0.1, -0.05) is 19.1 Å². The average Bonchev–Trinajstić information content (AvgIpc) is 3.03. The Morgan fingerprint density at radius 2 is 1.81 bits per heavy atom. The summed E-state index contributed by atoms with van der Waals surface area (Å²) in [6.45, 7) is 11.5. The number of amides is 3. The first-order valence-electron chi connectivity index (χ1n) is 10.9. The van der Waals surface area contributed by atoms with Crippen molar-refractivity contribution < 1.29 is 23.9 Å². The maximum atomic E-state index is 12.9. The van der Waals surface area contributed by atoms with E-state index in [1.807, 2.05) is 56.9 Å². The molecular weight excluding hydrogens is 398 g/mol. The molecule has 2 aliphatic rings. The van der Waals surface area contributed by atoms with Gasteiger partial charge in [0, 0.05) is 31.9 Å². The Labute approximate surface area is 184 Å². The lowest BCUT2D eigenvalue weighted by Gasteiger charge is -2.36. The van der Waals surface area contributed by atoms with Crippen LogP contribution in [0.1, 0.15) is 40.2 Å². The van der Waals surface area contributed by atoms with E-state index in [0.29, 0.717) is 39.2 Å². The molecule has 8 heteroatoms. The highest BCUT2D eigenvalue weighted by atomic mass is 16.6. The zero-order valence-electron chi connectivity index (χ0n) is 19.1. The first kappa shape index (κ1) is 22.9. The van der Waals surface area contributed by atoms with Crippen LogP contribution in [-0.2, 0) is 20.7 Å². The largest absolute Gasteiger partial charge is 0.466 e. The van der Waals surface area contributed by atoms with Crippen molar-refractivity contribution in [1.29, 1.82) is 0 Å². The summed E-state index contributed by atoms with van der Waals surface area (Å²) in [7, 11) is 0. The number of benzene rings is 1. The van der Waals surface area contributed by atoms with Crippen molar-refractivity contribution >= 4 is 23.8 Å². The van der Waals surface area contributed by atoms with Crippen LogP contribution in [0, 0.1) is 5.92 Å².